The number of carbonyl (C=O) groups is 2. The summed E-state index contributed by atoms with van der Waals surface area (Å²) in [6.07, 6.45) is 1.79. The molecule has 0 bridgehead atoms. The fourth-order valence-corrected chi connectivity index (χ4v) is 2.74. The summed E-state index contributed by atoms with van der Waals surface area (Å²) in [6.45, 7) is -0.451. The number of nitrogens with zero attached hydrogens (tertiary/aromatic N) is 1. The molecule has 0 atom stereocenters. The van der Waals surface area contributed by atoms with Crippen molar-refractivity contribution < 1.29 is 24.2 Å². The molecule has 25 heavy (non-hydrogen) atoms. The van der Waals surface area contributed by atoms with E-state index < -0.39 is 12.6 Å². The van der Waals surface area contributed by atoms with Gasteiger partial charge in [-0.05, 0) is 29.8 Å². The van der Waals surface area contributed by atoms with Crippen LogP contribution in [0, 0.1) is 0 Å². The number of fused-ring (bicyclic) bond motifs is 1. The number of hydrogen-bond donors (Lipinski definition) is 1. The van der Waals surface area contributed by atoms with E-state index in [1.807, 2.05) is 24.3 Å². The summed E-state index contributed by atoms with van der Waals surface area (Å²) in [6, 6.07) is 12.7. The zero-order valence-corrected chi connectivity index (χ0v) is 13.9. The van der Waals surface area contributed by atoms with Gasteiger partial charge < -0.3 is 19.5 Å². The molecule has 2 aromatic carbocycles. The van der Waals surface area contributed by atoms with Crippen LogP contribution >= 0.6 is 0 Å². The number of ether oxygens (including phenoxy) is 2. The molecule has 1 aliphatic heterocycles. The van der Waals surface area contributed by atoms with E-state index >= 15 is 0 Å². The van der Waals surface area contributed by atoms with Crippen molar-refractivity contribution in [3.05, 3.63) is 53.6 Å². The van der Waals surface area contributed by atoms with Gasteiger partial charge in [0.15, 0.2) is 18.1 Å². The number of methoxy groups -OCH3 is 1. The van der Waals surface area contributed by atoms with Crippen LogP contribution in [0.25, 0.3) is 11.6 Å². The average molecular weight is 339 g/mol. The van der Waals surface area contributed by atoms with Crippen molar-refractivity contribution >= 4 is 29.2 Å². The summed E-state index contributed by atoms with van der Waals surface area (Å²) in [5, 5.41) is 8.71. The Labute approximate surface area is 144 Å². The van der Waals surface area contributed by atoms with Crippen LogP contribution in [0.15, 0.2) is 42.5 Å². The Morgan fingerprint density at radius 3 is 2.68 bits per heavy atom. The first-order valence-electron chi connectivity index (χ1n) is 7.63. The first-order chi connectivity index (χ1) is 12.0. The maximum absolute atomic E-state index is 12.5. The molecular weight excluding hydrogens is 322 g/mol. The molecule has 6 nitrogen and oxygen atoms in total. The fourth-order valence-electron chi connectivity index (χ4n) is 2.74. The second kappa shape index (κ2) is 6.68. The van der Waals surface area contributed by atoms with Gasteiger partial charge in [0.1, 0.15) is 0 Å². The quantitative estimate of drug-likeness (QED) is 0.848. The lowest BCUT2D eigenvalue weighted by Crippen LogP contribution is -2.20. The topological polar surface area (TPSA) is 76.1 Å². The monoisotopic (exact) mass is 339 g/mol. The Morgan fingerprint density at radius 1 is 1.20 bits per heavy atom. The predicted molar refractivity (Wildman–Crippen MR) is 93.8 cm³/mol. The minimum Gasteiger partial charge on any atom is -0.493 e. The van der Waals surface area contributed by atoms with Gasteiger partial charge >= 0.3 is 5.97 Å². The Bertz CT molecular complexity index is 872. The van der Waals surface area contributed by atoms with Crippen LogP contribution in [0.5, 0.6) is 11.5 Å². The lowest BCUT2D eigenvalue weighted by atomic mass is 10.0. The maximum atomic E-state index is 12.5. The highest BCUT2D eigenvalue weighted by molar-refractivity contribution is 6.35. The number of carboxylic acids is 1. The molecule has 0 saturated heterocycles. The van der Waals surface area contributed by atoms with Gasteiger partial charge in [0, 0.05) is 18.2 Å². The highest BCUT2D eigenvalue weighted by atomic mass is 16.5. The number of carboxylic acid groups (broad SMARTS) is 1. The van der Waals surface area contributed by atoms with E-state index in [1.54, 1.807) is 36.2 Å². The second-order valence-electron chi connectivity index (χ2n) is 5.53. The van der Waals surface area contributed by atoms with Crippen LogP contribution in [-0.4, -0.2) is 37.7 Å². The normalized spacial score (nSPS) is 14.6. The van der Waals surface area contributed by atoms with E-state index in [-0.39, 0.29) is 5.91 Å². The first kappa shape index (κ1) is 16.6. The van der Waals surface area contributed by atoms with Crippen LogP contribution < -0.4 is 14.4 Å². The molecule has 1 heterocycles. The van der Waals surface area contributed by atoms with Crippen molar-refractivity contribution in [2.75, 3.05) is 25.7 Å². The van der Waals surface area contributed by atoms with E-state index in [0.717, 1.165) is 16.8 Å². The molecule has 0 unspecified atom stereocenters. The molecular formula is C19H17NO5. The number of likely N-dealkylation sites (N-methyl/N-ethyl adjacent to an activating group) is 1. The number of benzene rings is 2. The molecule has 3 rings (SSSR count). The molecule has 128 valence electrons. The highest BCUT2D eigenvalue weighted by Crippen LogP contribution is 2.37. The van der Waals surface area contributed by atoms with E-state index in [1.165, 1.54) is 7.11 Å². The molecule has 0 spiro atoms. The zero-order valence-electron chi connectivity index (χ0n) is 13.9. The van der Waals surface area contributed by atoms with Crippen molar-refractivity contribution in [3.8, 4) is 11.5 Å². The largest absolute Gasteiger partial charge is 0.493 e. The summed E-state index contributed by atoms with van der Waals surface area (Å²) in [4.78, 5) is 24.8. The summed E-state index contributed by atoms with van der Waals surface area (Å²) < 4.78 is 10.4. The summed E-state index contributed by atoms with van der Waals surface area (Å²) in [7, 11) is 3.22. The van der Waals surface area contributed by atoms with Gasteiger partial charge in [0.05, 0.1) is 12.8 Å². The predicted octanol–water partition coefficient (Wildman–Crippen LogP) is 2.68. The molecule has 1 aliphatic rings. The number of aliphatic carboxylic acids is 1. The molecule has 0 aliphatic carbocycles. The minimum absolute atomic E-state index is 0.0774. The van der Waals surface area contributed by atoms with Crippen molar-refractivity contribution in [3.63, 3.8) is 0 Å². The van der Waals surface area contributed by atoms with Gasteiger partial charge in [-0.1, -0.05) is 24.3 Å². The van der Waals surface area contributed by atoms with Crippen LogP contribution in [0.1, 0.15) is 11.1 Å². The molecule has 1 amide bonds. The smallest absolute Gasteiger partial charge is 0.341 e. The van der Waals surface area contributed by atoms with Gasteiger partial charge in [-0.3, -0.25) is 4.79 Å². The van der Waals surface area contributed by atoms with Crippen LogP contribution in [0.4, 0.5) is 5.69 Å². The summed E-state index contributed by atoms with van der Waals surface area (Å²) >= 11 is 0. The molecule has 0 fully saturated rings. The molecule has 0 saturated carbocycles. The van der Waals surface area contributed by atoms with E-state index in [2.05, 4.69) is 0 Å². The standard InChI is InChI=1S/C19H17NO5/c1-20-15-6-4-3-5-13(15)14(19(20)23)9-12-7-8-16(17(10-12)24-2)25-11-18(21)22/h3-10H,11H2,1-2H3,(H,21,22). The third-order valence-electron chi connectivity index (χ3n) is 3.94. The molecule has 0 radical (unpaired) electrons. The first-order valence-corrected chi connectivity index (χ1v) is 7.63. The van der Waals surface area contributed by atoms with Gasteiger partial charge in [-0.2, -0.15) is 0 Å². The molecule has 0 aromatic heterocycles. The van der Waals surface area contributed by atoms with Crippen LogP contribution in [0.2, 0.25) is 0 Å². The zero-order chi connectivity index (χ0) is 18.0. The number of rotatable bonds is 5. The Balaban J connectivity index is 1.96. The third-order valence-corrected chi connectivity index (χ3v) is 3.94. The number of carbonyl (C=O) groups excluding carboxylic acids is 1. The SMILES string of the molecule is COc1cc(C=C2C(=O)N(C)c3ccccc32)ccc1OCC(=O)O. The van der Waals surface area contributed by atoms with Crippen molar-refractivity contribution in [1.29, 1.82) is 0 Å². The highest BCUT2D eigenvalue weighted by Gasteiger charge is 2.29. The van der Waals surface area contributed by atoms with Crippen LogP contribution in [-0.2, 0) is 9.59 Å². The molecule has 6 heteroatoms. The van der Waals surface area contributed by atoms with Crippen LogP contribution in [0.3, 0.4) is 0 Å². The van der Waals surface area contributed by atoms with Crippen molar-refractivity contribution in [2.24, 2.45) is 0 Å². The van der Waals surface area contributed by atoms with E-state index in [0.29, 0.717) is 17.1 Å². The van der Waals surface area contributed by atoms with Gasteiger partial charge in [-0.25, -0.2) is 4.79 Å². The molecule has 2 aromatic rings. The lowest BCUT2D eigenvalue weighted by molar-refractivity contribution is -0.139. The van der Waals surface area contributed by atoms with Crippen molar-refractivity contribution in [2.45, 2.75) is 0 Å². The third kappa shape index (κ3) is 3.19. The van der Waals surface area contributed by atoms with E-state index in [4.69, 9.17) is 14.6 Å². The van der Waals surface area contributed by atoms with Gasteiger partial charge in [-0.15, -0.1) is 0 Å². The summed E-state index contributed by atoms with van der Waals surface area (Å²) in [5.74, 6) is -0.402. The number of hydrogen-bond acceptors (Lipinski definition) is 4. The minimum atomic E-state index is -1.07. The average Bonchev–Trinajstić information content (AvgIpc) is 2.85. The maximum Gasteiger partial charge on any atom is 0.341 e. The Kier molecular flexibility index (Phi) is 4.43. The number of amides is 1. The Hall–Kier alpha value is -3.28. The van der Waals surface area contributed by atoms with E-state index in [9.17, 15) is 9.59 Å². The Morgan fingerprint density at radius 2 is 1.96 bits per heavy atom. The second-order valence-corrected chi connectivity index (χ2v) is 5.53. The fraction of sp³-hybridized carbons (Fsp3) is 0.158. The van der Waals surface area contributed by atoms with Crippen molar-refractivity contribution in [1.82, 2.24) is 0 Å². The van der Waals surface area contributed by atoms with Gasteiger partial charge in [0.25, 0.3) is 5.91 Å². The van der Waals surface area contributed by atoms with Gasteiger partial charge in [0.2, 0.25) is 0 Å². The lowest BCUT2D eigenvalue weighted by Gasteiger charge is -2.10. The summed E-state index contributed by atoms with van der Waals surface area (Å²) in [5.41, 5.74) is 3.10. The number of para-hydroxylation sites is 1. The molecule has 1 N–H and O–H groups in total. The number of anilines is 1.